The van der Waals surface area contributed by atoms with Crippen LogP contribution in [0, 0.1) is 12.7 Å². The average Bonchev–Trinajstić information content (AvgIpc) is 3.28. The van der Waals surface area contributed by atoms with Crippen LogP contribution < -0.4 is 20.7 Å². The molecule has 0 aliphatic carbocycles. The van der Waals surface area contributed by atoms with E-state index in [1.807, 2.05) is 6.92 Å². The highest BCUT2D eigenvalue weighted by Crippen LogP contribution is 2.38. The lowest BCUT2D eigenvalue weighted by Crippen LogP contribution is -2.39. The largest absolute Gasteiger partial charge is 0.421 e. The van der Waals surface area contributed by atoms with Crippen LogP contribution in [0.25, 0.3) is 21.9 Å². The van der Waals surface area contributed by atoms with Gasteiger partial charge in [-0.1, -0.05) is 0 Å². The lowest BCUT2D eigenvalue weighted by Gasteiger charge is -2.21. The monoisotopic (exact) mass is 422 g/mol. The fourth-order valence-corrected chi connectivity index (χ4v) is 4.00. The molecule has 31 heavy (non-hydrogen) atoms. The maximum Gasteiger partial charge on any atom is 0.326 e. The Balaban J connectivity index is 1.71. The van der Waals surface area contributed by atoms with Gasteiger partial charge in [-0.3, -0.25) is 0 Å². The molecule has 0 saturated carbocycles. The van der Waals surface area contributed by atoms with E-state index in [9.17, 15) is 4.39 Å². The number of ether oxygens (including phenoxy) is 1. The summed E-state index contributed by atoms with van der Waals surface area (Å²) in [5.74, 6) is 1.38. The first kappa shape index (κ1) is 19.4. The van der Waals surface area contributed by atoms with Gasteiger partial charge in [-0.2, -0.15) is 9.97 Å². The van der Waals surface area contributed by atoms with Crippen molar-refractivity contribution >= 4 is 33.4 Å². The number of nitrogens with zero attached hydrogens (tertiary/aromatic N) is 5. The van der Waals surface area contributed by atoms with E-state index in [0.717, 1.165) is 23.9 Å². The zero-order valence-corrected chi connectivity index (χ0v) is 17.5. The summed E-state index contributed by atoms with van der Waals surface area (Å²) >= 11 is 0. The molecule has 0 bridgehead atoms. The van der Waals surface area contributed by atoms with Crippen LogP contribution in [0.4, 0.5) is 15.9 Å². The van der Waals surface area contributed by atoms with Gasteiger partial charge >= 0.3 is 6.01 Å². The fourth-order valence-electron chi connectivity index (χ4n) is 4.00. The molecule has 4 aromatic rings. The summed E-state index contributed by atoms with van der Waals surface area (Å²) in [6.07, 6.45) is 3.96. The Hall–Kier alpha value is -3.53. The van der Waals surface area contributed by atoms with E-state index in [2.05, 4.69) is 30.2 Å². The molecule has 1 aliphatic rings. The Morgan fingerprint density at radius 3 is 2.71 bits per heavy atom. The summed E-state index contributed by atoms with van der Waals surface area (Å²) in [7, 11) is 1.75. The number of H-pyrrole nitrogens is 1. The van der Waals surface area contributed by atoms with Crippen molar-refractivity contribution < 1.29 is 9.13 Å². The Bertz CT molecular complexity index is 1280. The second-order valence-corrected chi connectivity index (χ2v) is 8.20. The summed E-state index contributed by atoms with van der Waals surface area (Å²) in [5.41, 5.74) is 7.97. The van der Waals surface area contributed by atoms with Crippen LogP contribution in [-0.2, 0) is 0 Å². The van der Waals surface area contributed by atoms with Crippen LogP contribution in [0.5, 0.6) is 11.8 Å². The molecule has 5 rings (SSSR count). The van der Waals surface area contributed by atoms with E-state index in [1.165, 1.54) is 12.1 Å². The van der Waals surface area contributed by atoms with Gasteiger partial charge in [-0.05, 0) is 32.4 Å². The van der Waals surface area contributed by atoms with Crippen molar-refractivity contribution in [2.24, 2.45) is 5.73 Å². The lowest BCUT2D eigenvalue weighted by molar-refractivity contribution is 0.439. The number of hydrogen-bond donors (Lipinski definition) is 3. The van der Waals surface area contributed by atoms with Crippen molar-refractivity contribution in [1.29, 1.82) is 0 Å². The zero-order valence-electron chi connectivity index (χ0n) is 17.5. The van der Waals surface area contributed by atoms with Crippen LogP contribution in [0.15, 0.2) is 24.5 Å². The third kappa shape index (κ3) is 3.48. The number of rotatable bonds is 4. The molecule has 3 aromatic heterocycles. The average molecular weight is 422 g/mol. The van der Waals surface area contributed by atoms with Crippen molar-refractivity contribution in [3.63, 3.8) is 0 Å². The molecule has 0 amide bonds. The Labute approximate surface area is 177 Å². The SMILES string of the molecule is CNc1cc(F)cc2c1[nH]c1nc(Oc3cnc(C)nc3)nc(N3CCC(C)(N)C3)c12. The van der Waals surface area contributed by atoms with Gasteiger partial charge in [-0.25, -0.2) is 14.4 Å². The standard InChI is InChI=1S/C21H23FN8O/c1-11-25-8-13(9-26-11)31-20-28-18-16(19(29-20)30-5-4-21(2,23)10-30)14-6-12(22)7-15(24-3)17(14)27-18/h6-9,24H,4-5,10,23H2,1-3H3,(H,27,28,29). The topological polar surface area (TPSA) is 118 Å². The van der Waals surface area contributed by atoms with Crippen molar-refractivity contribution in [1.82, 2.24) is 24.9 Å². The van der Waals surface area contributed by atoms with Gasteiger partial charge < -0.3 is 25.7 Å². The molecule has 4 N–H and O–H groups in total. The predicted molar refractivity (Wildman–Crippen MR) is 117 cm³/mol. The number of nitrogens with two attached hydrogens (primary N) is 1. The maximum absolute atomic E-state index is 14.4. The molecular formula is C21H23FN8O. The van der Waals surface area contributed by atoms with E-state index < -0.39 is 0 Å². The van der Waals surface area contributed by atoms with E-state index in [1.54, 1.807) is 26.4 Å². The van der Waals surface area contributed by atoms with Gasteiger partial charge in [0.05, 0.1) is 29.0 Å². The maximum atomic E-state index is 14.4. The van der Waals surface area contributed by atoms with Gasteiger partial charge in [-0.15, -0.1) is 0 Å². The number of halogens is 1. The number of benzene rings is 1. The van der Waals surface area contributed by atoms with Crippen molar-refractivity contribution in [2.45, 2.75) is 25.8 Å². The number of aromatic amines is 1. The number of aryl methyl sites for hydroxylation is 1. The van der Waals surface area contributed by atoms with Crippen LogP contribution in [0.3, 0.4) is 0 Å². The first-order valence-electron chi connectivity index (χ1n) is 10.0. The van der Waals surface area contributed by atoms with Crippen molar-refractivity contribution in [2.75, 3.05) is 30.4 Å². The molecule has 1 atom stereocenters. The molecule has 1 aromatic carbocycles. The summed E-state index contributed by atoms with van der Waals surface area (Å²) in [6, 6.07) is 3.09. The molecule has 0 spiro atoms. The quantitative estimate of drug-likeness (QED) is 0.459. The minimum Gasteiger partial charge on any atom is -0.421 e. The smallest absolute Gasteiger partial charge is 0.326 e. The molecule has 1 unspecified atom stereocenters. The highest BCUT2D eigenvalue weighted by atomic mass is 19.1. The molecular weight excluding hydrogens is 399 g/mol. The fraction of sp³-hybridized carbons (Fsp3) is 0.333. The number of fused-ring (bicyclic) bond motifs is 3. The molecule has 1 aliphatic heterocycles. The number of hydrogen-bond acceptors (Lipinski definition) is 8. The molecule has 1 saturated heterocycles. The van der Waals surface area contributed by atoms with Crippen molar-refractivity contribution in [3.8, 4) is 11.8 Å². The van der Waals surface area contributed by atoms with Crippen LogP contribution in [0.1, 0.15) is 19.2 Å². The van der Waals surface area contributed by atoms with Gasteiger partial charge in [0.15, 0.2) is 5.75 Å². The lowest BCUT2D eigenvalue weighted by atomic mass is 10.0. The molecule has 9 nitrogen and oxygen atoms in total. The summed E-state index contributed by atoms with van der Waals surface area (Å²) < 4.78 is 20.2. The minimum absolute atomic E-state index is 0.151. The Morgan fingerprint density at radius 1 is 1.26 bits per heavy atom. The van der Waals surface area contributed by atoms with Crippen molar-refractivity contribution in [3.05, 3.63) is 36.2 Å². The third-order valence-corrected chi connectivity index (χ3v) is 5.53. The molecule has 10 heteroatoms. The van der Waals surface area contributed by atoms with E-state index in [-0.39, 0.29) is 17.4 Å². The number of nitrogens with one attached hydrogen (secondary N) is 2. The van der Waals surface area contributed by atoms with Gasteiger partial charge in [0, 0.05) is 31.1 Å². The predicted octanol–water partition coefficient (Wildman–Crippen LogP) is 3.11. The van der Waals surface area contributed by atoms with Gasteiger partial charge in [0.2, 0.25) is 0 Å². The molecule has 1 fully saturated rings. The Kier molecular flexibility index (Phi) is 4.40. The third-order valence-electron chi connectivity index (χ3n) is 5.53. The second kappa shape index (κ2) is 7.02. The van der Waals surface area contributed by atoms with E-state index in [0.29, 0.717) is 40.7 Å². The highest BCUT2D eigenvalue weighted by Gasteiger charge is 2.33. The summed E-state index contributed by atoms with van der Waals surface area (Å²) in [5, 5.41) is 4.46. The first-order chi connectivity index (χ1) is 14.8. The number of anilines is 2. The van der Waals surface area contributed by atoms with Crippen LogP contribution >= 0.6 is 0 Å². The second-order valence-electron chi connectivity index (χ2n) is 8.20. The van der Waals surface area contributed by atoms with Gasteiger partial charge in [0.1, 0.15) is 23.1 Å². The first-order valence-corrected chi connectivity index (χ1v) is 10.0. The highest BCUT2D eigenvalue weighted by molar-refractivity contribution is 6.14. The normalized spacial score (nSPS) is 18.8. The van der Waals surface area contributed by atoms with Crippen LogP contribution in [-0.4, -0.2) is 50.6 Å². The Morgan fingerprint density at radius 2 is 2.03 bits per heavy atom. The van der Waals surface area contributed by atoms with E-state index in [4.69, 9.17) is 15.5 Å². The molecule has 0 radical (unpaired) electrons. The van der Waals surface area contributed by atoms with Crippen LogP contribution in [0.2, 0.25) is 0 Å². The van der Waals surface area contributed by atoms with Gasteiger partial charge in [0.25, 0.3) is 0 Å². The summed E-state index contributed by atoms with van der Waals surface area (Å²) in [6.45, 7) is 5.16. The zero-order chi connectivity index (χ0) is 21.8. The number of aromatic nitrogens is 5. The summed E-state index contributed by atoms with van der Waals surface area (Å²) in [4.78, 5) is 22.9. The van der Waals surface area contributed by atoms with E-state index >= 15 is 0 Å². The minimum atomic E-state index is -0.342. The molecule has 4 heterocycles. The molecule has 160 valence electrons.